The van der Waals surface area contributed by atoms with Crippen molar-refractivity contribution in [1.82, 2.24) is 20.2 Å². The van der Waals surface area contributed by atoms with Crippen LogP contribution in [0, 0.1) is 0 Å². The summed E-state index contributed by atoms with van der Waals surface area (Å²) in [5.74, 6) is 0.845. The zero-order chi connectivity index (χ0) is 18.8. The van der Waals surface area contributed by atoms with Crippen LogP contribution in [-0.2, 0) is 6.54 Å². The van der Waals surface area contributed by atoms with Crippen LogP contribution in [0.1, 0.15) is 5.56 Å². The Bertz CT molecular complexity index is 1220. The number of aromatic nitrogens is 4. The molecule has 0 radical (unpaired) electrons. The highest BCUT2D eigenvalue weighted by molar-refractivity contribution is 5.97. The molecule has 0 atom stereocenters. The van der Waals surface area contributed by atoms with Crippen LogP contribution >= 0.6 is 24.8 Å². The van der Waals surface area contributed by atoms with E-state index in [1.165, 1.54) is 5.56 Å². The van der Waals surface area contributed by atoms with Crippen molar-refractivity contribution in [3.05, 3.63) is 90.8 Å². The lowest BCUT2D eigenvalue weighted by atomic mass is 10.0. The van der Waals surface area contributed by atoms with Gasteiger partial charge in [0.25, 0.3) is 0 Å². The largest absolute Gasteiger partial charge is 0.366 e. The Morgan fingerprint density at radius 1 is 0.800 bits per heavy atom. The van der Waals surface area contributed by atoms with E-state index in [2.05, 4.69) is 50.8 Å². The van der Waals surface area contributed by atoms with E-state index in [1.807, 2.05) is 54.9 Å². The smallest absolute Gasteiger partial charge is 0.140 e. The first-order valence-corrected chi connectivity index (χ1v) is 9.23. The third-order valence-corrected chi connectivity index (χ3v) is 4.85. The van der Waals surface area contributed by atoms with Gasteiger partial charge in [-0.05, 0) is 23.3 Å². The molecule has 2 aromatic carbocycles. The van der Waals surface area contributed by atoms with Crippen LogP contribution in [0.4, 0.5) is 5.82 Å². The fourth-order valence-corrected chi connectivity index (χ4v) is 3.43. The molecule has 0 aliphatic rings. The van der Waals surface area contributed by atoms with Crippen molar-refractivity contribution < 1.29 is 0 Å². The standard InChI is InChI=1S/C23H19N5.2ClH/c1-3-7-16(8-4-1)13-24-21-12-11-18-20(14-25-23(18)27-21)22-19(15-26-28-22)17-9-5-2-6-10-17;;/h1-12,14-15H,13H2,(H,26,28)(H2,24,25,27);2*1H. The molecule has 0 fully saturated rings. The van der Waals surface area contributed by atoms with Gasteiger partial charge in [0.05, 0.1) is 11.9 Å². The number of rotatable bonds is 5. The van der Waals surface area contributed by atoms with Crippen LogP contribution in [-0.4, -0.2) is 20.2 Å². The van der Waals surface area contributed by atoms with Crippen LogP contribution < -0.4 is 5.32 Å². The summed E-state index contributed by atoms with van der Waals surface area (Å²) >= 11 is 0. The van der Waals surface area contributed by atoms with Crippen LogP contribution in [0.5, 0.6) is 0 Å². The maximum Gasteiger partial charge on any atom is 0.140 e. The minimum atomic E-state index is 0. The van der Waals surface area contributed by atoms with Crippen molar-refractivity contribution in [1.29, 1.82) is 0 Å². The first-order valence-electron chi connectivity index (χ1n) is 9.23. The molecule has 30 heavy (non-hydrogen) atoms. The first-order chi connectivity index (χ1) is 13.9. The predicted molar refractivity (Wildman–Crippen MR) is 127 cm³/mol. The van der Waals surface area contributed by atoms with Gasteiger partial charge in [0.1, 0.15) is 11.5 Å². The molecule has 0 saturated carbocycles. The van der Waals surface area contributed by atoms with Crippen LogP contribution in [0.3, 0.4) is 0 Å². The van der Waals surface area contributed by atoms with Crippen molar-refractivity contribution in [2.24, 2.45) is 0 Å². The summed E-state index contributed by atoms with van der Waals surface area (Å²) in [6.07, 6.45) is 3.85. The molecule has 152 valence electrons. The van der Waals surface area contributed by atoms with Gasteiger partial charge >= 0.3 is 0 Å². The van der Waals surface area contributed by atoms with Gasteiger partial charge in [0.15, 0.2) is 0 Å². The minimum Gasteiger partial charge on any atom is -0.366 e. The van der Waals surface area contributed by atoms with Gasteiger partial charge in [-0.2, -0.15) is 5.10 Å². The second-order valence-corrected chi connectivity index (χ2v) is 6.66. The number of benzene rings is 2. The van der Waals surface area contributed by atoms with Crippen LogP contribution in [0.15, 0.2) is 85.2 Å². The normalized spacial score (nSPS) is 10.3. The molecule has 5 nitrogen and oxygen atoms in total. The molecule has 7 heteroatoms. The second kappa shape index (κ2) is 9.48. The maximum atomic E-state index is 4.72. The minimum absolute atomic E-state index is 0. The molecule has 5 rings (SSSR count). The van der Waals surface area contributed by atoms with E-state index in [0.717, 1.165) is 45.8 Å². The van der Waals surface area contributed by atoms with E-state index in [0.29, 0.717) is 0 Å². The van der Waals surface area contributed by atoms with Crippen LogP contribution in [0.25, 0.3) is 33.4 Å². The number of H-pyrrole nitrogens is 2. The van der Waals surface area contributed by atoms with Gasteiger partial charge < -0.3 is 10.3 Å². The molecular formula is C23H21Cl2N5. The Morgan fingerprint density at radius 2 is 1.53 bits per heavy atom. The fraction of sp³-hybridized carbons (Fsp3) is 0.0435. The third-order valence-electron chi connectivity index (χ3n) is 4.85. The highest BCUT2D eigenvalue weighted by Gasteiger charge is 2.14. The zero-order valence-electron chi connectivity index (χ0n) is 16.0. The van der Waals surface area contributed by atoms with Gasteiger partial charge in [0.2, 0.25) is 0 Å². The van der Waals surface area contributed by atoms with E-state index in [1.54, 1.807) is 0 Å². The molecule has 0 amide bonds. The Labute approximate surface area is 186 Å². The zero-order valence-corrected chi connectivity index (χ0v) is 17.6. The van der Waals surface area contributed by atoms with E-state index in [4.69, 9.17) is 4.98 Å². The van der Waals surface area contributed by atoms with Crippen molar-refractivity contribution in [2.75, 3.05) is 5.32 Å². The van der Waals surface area contributed by atoms with E-state index >= 15 is 0 Å². The summed E-state index contributed by atoms with van der Waals surface area (Å²) in [5, 5.41) is 11.9. The number of nitrogens with one attached hydrogen (secondary N) is 3. The maximum absolute atomic E-state index is 4.72. The van der Waals surface area contributed by atoms with Crippen molar-refractivity contribution in [3.8, 4) is 22.4 Å². The molecule has 0 unspecified atom stereocenters. The molecule has 0 spiro atoms. The Balaban J connectivity index is 0.00000128. The Hall–Kier alpha value is -3.28. The lowest BCUT2D eigenvalue weighted by Crippen LogP contribution is -2.00. The van der Waals surface area contributed by atoms with Crippen molar-refractivity contribution in [3.63, 3.8) is 0 Å². The van der Waals surface area contributed by atoms with Crippen molar-refractivity contribution in [2.45, 2.75) is 6.54 Å². The summed E-state index contributed by atoms with van der Waals surface area (Å²) in [6, 6.07) is 24.7. The fourth-order valence-electron chi connectivity index (χ4n) is 3.43. The number of hydrogen-bond acceptors (Lipinski definition) is 3. The molecule has 3 heterocycles. The quantitative estimate of drug-likeness (QED) is 0.312. The van der Waals surface area contributed by atoms with Gasteiger partial charge in [-0.3, -0.25) is 5.10 Å². The Morgan fingerprint density at radius 3 is 2.30 bits per heavy atom. The first kappa shape index (κ1) is 21.4. The molecule has 0 saturated heterocycles. The Kier molecular flexibility index (Phi) is 6.77. The average Bonchev–Trinajstić information content (AvgIpc) is 3.40. The van der Waals surface area contributed by atoms with Gasteiger partial charge in [0, 0.05) is 29.3 Å². The summed E-state index contributed by atoms with van der Waals surface area (Å²) in [6.45, 7) is 0.742. The third kappa shape index (κ3) is 4.17. The molecule has 0 bridgehead atoms. The summed E-state index contributed by atoms with van der Waals surface area (Å²) in [7, 11) is 0. The lowest BCUT2D eigenvalue weighted by Gasteiger charge is -2.06. The molecule has 3 N–H and O–H groups in total. The van der Waals surface area contributed by atoms with Gasteiger partial charge in [-0.25, -0.2) is 4.98 Å². The van der Waals surface area contributed by atoms with Crippen LogP contribution in [0.2, 0.25) is 0 Å². The predicted octanol–water partition coefficient (Wildman–Crippen LogP) is 6.08. The monoisotopic (exact) mass is 437 g/mol. The average molecular weight is 438 g/mol. The lowest BCUT2D eigenvalue weighted by molar-refractivity contribution is 1.10. The molecule has 5 aromatic rings. The number of nitrogens with zero attached hydrogens (tertiary/aromatic N) is 2. The number of anilines is 1. The SMILES string of the molecule is Cl.Cl.c1ccc(CNc2ccc3c(-c4[nH]ncc4-c4ccccc4)c[nH]c3n2)cc1. The van der Waals surface area contributed by atoms with Gasteiger partial charge in [-0.1, -0.05) is 60.7 Å². The number of pyridine rings is 1. The number of fused-ring (bicyclic) bond motifs is 1. The summed E-state index contributed by atoms with van der Waals surface area (Å²) in [4.78, 5) is 8.02. The highest BCUT2D eigenvalue weighted by atomic mass is 35.5. The number of halogens is 2. The van der Waals surface area contributed by atoms with Crippen molar-refractivity contribution >= 4 is 41.7 Å². The topological polar surface area (TPSA) is 69.4 Å². The van der Waals surface area contributed by atoms with Gasteiger partial charge in [-0.15, -0.1) is 24.8 Å². The molecular weight excluding hydrogens is 417 g/mol. The summed E-state index contributed by atoms with van der Waals surface area (Å²) in [5.41, 5.74) is 6.34. The van der Waals surface area contributed by atoms with E-state index in [9.17, 15) is 0 Å². The molecule has 0 aliphatic carbocycles. The van der Waals surface area contributed by atoms with E-state index in [-0.39, 0.29) is 24.8 Å². The second-order valence-electron chi connectivity index (χ2n) is 6.66. The molecule has 0 aliphatic heterocycles. The number of hydrogen-bond donors (Lipinski definition) is 3. The number of aromatic amines is 2. The highest BCUT2D eigenvalue weighted by Crippen LogP contribution is 2.34. The van der Waals surface area contributed by atoms with E-state index < -0.39 is 0 Å². The molecule has 3 aromatic heterocycles. The summed E-state index contributed by atoms with van der Waals surface area (Å²) < 4.78 is 0.